The Kier molecular flexibility index (Phi) is 5.31. The molecular weight excluding hydrogens is 448 g/mol. The average Bonchev–Trinajstić information content (AvgIpc) is 2.92. The van der Waals surface area contributed by atoms with E-state index in [1.165, 1.54) is 0 Å². The van der Waals surface area contributed by atoms with Crippen LogP contribution in [-0.2, 0) is 0 Å². The van der Waals surface area contributed by atoms with Crippen LogP contribution in [0.3, 0.4) is 0 Å². The van der Waals surface area contributed by atoms with Gasteiger partial charge in [-0.05, 0) is 40.4 Å². The maximum absolute atomic E-state index is 11.0. The highest BCUT2D eigenvalue weighted by Crippen LogP contribution is 2.45. The molecule has 0 amide bonds. The predicted molar refractivity (Wildman–Crippen MR) is 144 cm³/mol. The molecule has 2 N–H and O–H groups in total. The van der Waals surface area contributed by atoms with E-state index in [1.807, 2.05) is 84.9 Å². The van der Waals surface area contributed by atoms with E-state index < -0.39 is 0 Å². The SMILES string of the molecule is Oc1c(N=Nc2cccc3ccccc23)ccc2ccc(N=Nc3cccc4ccccc34)c(O)c12. The van der Waals surface area contributed by atoms with Gasteiger partial charge in [0, 0.05) is 10.8 Å². The van der Waals surface area contributed by atoms with E-state index in [0.29, 0.717) is 16.8 Å². The number of hydrogen-bond acceptors (Lipinski definition) is 6. The molecule has 0 atom stereocenters. The number of aromatic hydroxyl groups is 2. The number of benzene rings is 6. The molecule has 0 bridgehead atoms. The molecule has 6 aromatic rings. The third-order valence-electron chi connectivity index (χ3n) is 6.15. The van der Waals surface area contributed by atoms with E-state index in [0.717, 1.165) is 21.5 Å². The van der Waals surface area contributed by atoms with E-state index in [1.54, 1.807) is 24.3 Å². The van der Waals surface area contributed by atoms with E-state index >= 15 is 0 Å². The minimum atomic E-state index is -0.170. The topological polar surface area (TPSA) is 89.9 Å². The molecule has 0 heterocycles. The molecule has 172 valence electrons. The zero-order valence-corrected chi connectivity index (χ0v) is 19.1. The smallest absolute Gasteiger partial charge is 0.154 e. The van der Waals surface area contributed by atoms with E-state index in [4.69, 9.17) is 0 Å². The molecule has 0 unspecified atom stereocenters. The van der Waals surface area contributed by atoms with Crippen LogP contribution in [-0.4, -0.2) is 10.2 Å². The van der Waals surface area contributed by atoms with Crippen LogP contribution in [0.25, 0.3) is 32.3 Å². The van der Waals surface area contributed by atoms with Crippen molar-refractivity contribution in [1.82, 2.24) is 0 Å². The fourth-order valence-electron chi connectivity index (χ4n) is 4.33. The Morgan fingerprint density at radius 3 is 1.28 bits per heavy atom. The second kappa shape index (κ2) is 8.92. The number of phenols is 2. The Morgan fingerprint density at radius 1 is 0.361 bits per heavy atom. The fourth-order valence-corrected chi connectivity index (χ4v) is 4.33. The Bertz CT molecular complexity index is 1690. The highest BCUT2D eigenvalue weighted by atomic mass is 16.3. The van der Waals surface area contributed by atoms with Crippen molar-refractivity contribution in [2.75, 3.05) is 0 Å². The predicted octanol–water partition coefficient (Wildman–Crippen LogP) is 9.39. The number of fused-ring (bicyclic) bond motifs is 3. The molecule has 0 aliphatic rings. The third-order valence-corrected chi connectivity index (χ3v) is 6.15. The molecule has 0 aromatic heterocycles. The Labute approximate surface area is 206 Å². The van der Waals surface area contributed by atoms with Crippen molar-refractivity contribution in [2.24, 2.45) is 20.5 Å². The zero-order valence-electron chi connectivity index (χ0n) is 19.1. The summed E-state index contributed by atoms with van der Waals surface area (Å²) in [5.74, 6) is -0.340. The van der Waals surface area contributed by atoms with Gasteiger partial charge in [0.15, 0.2) is 11.5 Å². The largest absolute Gasteiger partial charge is 0.505 e. The maximum Gasteiger partial charge on any atom is 0.154 e. The first-order chi connectivity index (χ1) is 17.7. The standard InChI is InChI=1S/C30H20N4O2/c35-29-26(33-31-24-13-5-9-19-7-1-3-11-22(19)24)17-15-21-16-18-27(30(36)28(21)29)34-32-25-14-6-10-20-8-2-4-12-23(20)25/h1-18,35-36H. The first-order valence-electron chi connectivity index (χ1n) is 11.5. The van der Waals surface area contributed by atoms with Crippen molar-refractivity contribution in [2.45, 2.75) is 0 Å². The van der Waals surface area contributed by atoms with Gasteiger partial charge >= 0.3 is 0 Å². The summed E-state index contributed by atoms with van der Waals surface area (Å²) in [6, 6.07) is 34.3. The lowest BCUT2D eigenvalue weighted by Crippen LogP contribution is -1.79. The molecule has 0 spiro atoms. The molecule has 36 heavy (non-hydrogen) atoms. The summed E-state index contributed by atoms with van der Waals surface area (Å²) in [6.07, 6.45) is 0. The highest BCUT2D eigenvalue weighted by molar-refractivity contribution is 6.00. The molecule has 0 radical (unpaired) electrons. The fraction of sp³-hybridized carbons (Fsp3) is 0. The molecule has 0 aliphatic heterocycles. The third kappa shape index (κ3) is 3.80. The van der Waals surface area contributed by atoms with Gasteiger partial charge in [-0.1, -0.05) is 84.9 Å². The van der Waals surface area contributed by atoms with Crippen LogP contribution in [0, 0.1) is 0 Å². The molecule has 0 saturated carbocycles. The Morgan fingerprint density at radius 2 is 0.778 bits per heavy atom. The summed E-state index contributed by atoms with van der Waals surface area (Å²) in [7, 11) is 0. The van der Waals surface area contributed by atoms with Crippen LogP contribution in [0.15, 0.2) is 130 Å². The lowest BCUT2D eigenvalue weighted by molar-refractivity contribution is 0.465. The van der Waals surface area contributed by atoms with Crippen LogP contribution >= 0.6 is 0 Å². The van der Waals surface area contributed by atoms with Crippen molar-refractivity contribution in [3.8, 4) is 11.5 Å². The van der Waals surface area contributed by atoms with E-state index in [9.17, 15) is 10.2 Å². The lowest BCUT2D eigenvalue weighted by Gasteiger charge is -2.08. The monoisotopic (exact) mass is 468 g/mol. The summed E-state index contributed by atoms with van der Waals surface area (Å²) < 4.78 is 0. The van der Waals surface area contributed by atoms with Gasteiger partial charge in [-0.15, -0.1) is 20.5 Å². The summed E-state index contributed by atoms with van der Waals surface area (Å²) in [4.78, 5) is 0. The van der Waals surface area contributed by atoms with Crippen molar-refractivity contribution < 1.29 is 10.2 Å². The van der Waals surface area contributed by atoms with Gasteiger partial charge in [-0.3, -0.25) is 0 Å². The van der Waals surface area contributed by atoms with Gasteiger partial charge in [-0.25, -0.2) is 0 Å². The molecular formula is C30H20N4O2. The zero-order chi connectivity index (χ0) is 24.5. The molecule has 6 nitrogen and oxygen atoms in total. The summed E-state index contributed by atoms with van der Waals surface area (Å²) >= 11 is 0. The molecule has 0 aliphatic carbocycles. The van der Waals surface area contributed by atoms with E-state index in [-0.39, 0.29) is 28.3 Å². The van der Waals surface area contributed by atoms with Crippen molar-refractivity contribution in [1.29, 1.82) is 0 Å². The minimum absolute atomic E-state index is 0.170. The Balaban J connectivity index is 1.39. The molecule has 6 rings (SSSR count). The van der Waals surface area contributed by atoms with Crippen LogP contribution in [0.4, 0.5) is 22.7 Å². The lowest BCUT2D eigenvalue weighted by atomic mass is 10.1. The maximum atomic E-state index is 11.0. The number of azo groups is 2. The second-order valence-electron chi connectivity index (χ2n) is 8.36. The number of phenolic OH excluding ortho intramolecular Hbond substituents is 2. The van der Waals surface area contributed by atoms with Gasteiger partial charge in [-0.2, -0.15) is 0 Å². The molecule has 0 fully saturated rings. The minimum Gasteiger partial charge on any atom is -0.505 e. The Hall–Kier alpha value is -5.10. The van der Waals surface area contributed by atoms with Crippen molar-refractivity contribution in [3.63, 3.8) is 0 Å². The van der Waals surface area contributed by atoms with Crippen LogP contribution in [0.1, 0.15) is 0 Å². The van der Waals surface area contributed by atoms with Crippen LogP contribution < -0.4 is 0 Å². The molecule has 0 saturated heterocycles. The molecule has 6 heteroatoms. The highest BCUT2D eigenvalue weighted by Gasteiger charge is 2.14. The van der Waals surface area contributed by atoms with Crippen molar-refractivity contribution in [3.05, 3.63) is 109 Å². The second-order valence-corrected chi connectivity index (χ2v) is 8.36. The van der Waals surface area contributed by atoms with Gasteiger partial charge in [0.25, 0.3) is 0 Å². The first-order valence-corrected chi connectivity index (χ1v) is 11.5. The van der Waals surface area contributed by atoms with E-state index in [2.05, 4.69) is 20.5 Å². The summed E-state index contributed by atoms with van der Waals surface area (Å²) in [5, 5.41) is 44.2. The quantitative estimate of drug-likeness (QED) is 0.252. The molecule has 6 aromatic carbocycles. The number of nitrogens with zero attached hydrogens (tertiary/aromatic N) is 4. The summed E-state index contributed by atoms with van der Waals surface area (Å²) in [6.45, 7) is 0. The number of rotatable bonds is 4. The van der Waals surface area contributed by atoms with Gasteiger partial charge in [0.2, 0.25) is 0 Å². The van der Waals surface area contributed by atoms with Crippen LogP contribution in [0.2, 0.25) is 0 Å². The van der Waals surface area contributed by atoms with Gasteiger partial charge in [0.1, 0.15) is 11.4 Å². The normalized spacial score (nSPS) is 11.9. The van der Waals surface area contributed by atoms with Crippen LogP contribution in [0.5, 0.6) is 11.5 Å². The summed E-state index contributed by atoms with van der Waals surface area (Å²) in [5.41, 5.74) is 1.87. The number of hydrogen-bond donors (Lipinski definition) is 2. The van der Waals surface area contributed by atoms with Crippen molar-refractivity contribution >= 4 is 55.1 Å². The first kappa shape index (κ1) is 21.4. The van der Waals surface area contributed by atoms with Gasteiger partial charge in [0.05, 0.1) is 16.8 Å². The van der Waals surface area contributed by atoms with Gasteiger partial charge < -0.3 is 10.2 Å². The average molecular weight is 469 g/mol.